The molecule has 3 heterocycles. The first-order valence-corrected chi connectivity index (χ1v) is 9.95. The lowest BCUT2D eigenvalue weighted by atomic mass is 10.1. The molecule has 2 aliphatic heterocycles. The van der Waals surface area contributed by atoms with Gasteiger partial charge >= 0.3 is 0 Å². The molecule has 0 spiro atoms. The van der Waals surface area contributed by atoms with E-state index < -0.39 is 0 Å². The van der Waals surface area contributed by atoms with Crippen LogP contribution >= 0.6 is 0 Å². The number of pyridine rings is 1. The van der Waals surface area contributed by atoms with Crippen molar-refractivity contribution in [1.29, 1.82) is 0 Å². The molecule has 0 radical (unpaired) electrons. The van der Waals surface area contributed by atoms with Gasteiger partial charge < -0.3 is 24.3 Å². The zero-order chi connectivity index (χ0) is 21.8. The topological polar surface area (TPSA) is 91.9 Å². The van der Waals surface area contributed by atoms with E-state index >= 15 is 0 Å². The number of fused-ring (bicyclic) bond motifs is 2. The Morgan fingerprint density at radius 3 is 2.90 bits per heavy atom. The fraction of sp³-hybridized carbons (Fsp3) is 0.261. The molecule has 8 nitrogen and oxygen atoms in total. The molecule has 2 aromatic rings. The molecule has 0 saturated heterocycles. The molecule has 1 aromatic carbocycles. The van der Waals surface area contributed by atoms with Gasteiger partial charge in [-0.25, -0.2) is 0 Å². The Morgan fingerprint density at radius 1 is 1.23 bits per heavy atom. The van der Waals surface area contributed by atoms with Crippen LogP contribution in [0.1, 0.15) is 17.7 Å². The van der Waals surface area contributed by atoms with Crippen LogP contribution in [0.25, 0.3) is 10.9 Å². The molecule has 160 valence electrons. The van der Waals surface area contributed by atoms with Gasteiger partial charge in [-0.2, -0.15) is 0 Å². The number of para-hydroxylation sites is 1. The highest BCUT2D eigenvalue weighted by molar-refractivity contribution is 5.82. The number of ether oxygens (including phenoxy) is 2. The van der Waals surface area contributed by atoms with Crippen molar-refractivity contribution in [2.75, 3.05) is 20.4 Å². The zero-order valence-electron chi connectivity index (χ0n) is 17.2. The van der Waals surface area contributed by atoms with Crippen molar-refractivity contribution in [1.82, 2.24) is 14.8 Å². The van der Waals surface area contributed by atoms with Gasteiger partial charge in [0.2, 0.25) is 19.1 Å². The maximum Gasteiger partial charge on any atom is 0.242 e. The van der Waals surface area contributed by atoms with Crippen molar-refractivity contribution >= 4 is 23.2 Å². The molecule has 8 heteroatoms. The first-order valence-electron chi connectivity index (χ1n) is 9.95. The van der Waals surface area contributed by atoms with E-state index in [2.05, 4.69) is 4.98 Å². The number of H-pyrrole nitrogens is 1. The Balaban J connectivity index is 0.000000192. The van der Waals surface area contributed by atoms with Gasteiger partial charge in [0.1, 0.15) is 5.76 Å². The lowest BCUT2D eigenvalue weighted by Crippen LogP contribution is -2.35. The predicted molar refractivity (Wildman–Crippen MR) is 114 cm³/mol. The number of aromatic nitrogens is 1. The largest absolute Gasteiger partial charge is 0.458 e. The second-order valence-electron chi connectivity index (χ2n) is 7.41. The summed E-state index contributed by atoms with van der Waals surface area (Å²) in [4.78, 5) is 41.2. The minimum absolute atomic E-state index is 0.0190. The van der Waals surface area contributed by atoms with Gasteiger partial charge in [-0.15, -0.1) is 0 Å². The highest BCUT2D eigenvalue weighted by atomic mass is 16.7. The van der Waals surface area contributed by atoms with E-state index in [0.29, 0.717) is 37.2 Å². The summed E-state index contributed by atoms with van der Waals surface area (Å²) in [5.41, 5.74) is 2.16. The summed E-state index contributed by atoms with van der Waals surface area (Å²) in [5, 5.41) is 0.635. The maximum atomic E-state index is 12.4. The van der Waals surface area contributed by atoms with Crippen LogP contribution in [0.2, 0.25) is 0 Å². The number of hydrogen-bond acceptors (Lipinski definition) is 5. The molecule has 0 bridgehead atoms. The third kappa shape index (κ3) is 4.37. The molecule has 3 aliphatic rings. The van der Waals surface area contributed by atoms with Crippen molar-refractivity contribution in [2.45, 2.75) is 19.5 Å². The Hall–Kier alpha value is -3.81. The number of nitrogens with zero attached hydrogens (tertiary/aromatic N) is 2. The molecule has 5 rings (SSSR count). The van der Waals surface area contributed by atoms with Crippen molar-refractivity contribution in [2.24, 2.45) is 0 Å². The van der Waals surface area contributed by atoms with Crippen LogP contribution < -0.4 is 5.43 Å². The minimum atomic E-state index is -0.169. The van der Waals surface area contributed by atoms with Crippen LogP contribution in [-0.2, 0) is 32.2 Å². The molecular weight excluding hydrogens is 398 g/mol. The van der Waals surface area contributed by atoms with Crippen LogP contribution in [0.15, 0.2) is 64.9 Å². The molecule has 2 amide bonds. The number of carbonyl (C=O) groups excluding carboxylic acids is 2. The van der Waals surface area contributed by atoms with Crippen molar-refractivity contribution in [3.05, 3.63) is 81.6 Å². The van der Waals surface area contributed by atoms with E-state index in [-0.39, 0.29) is 17.9 Å². The Labute approximate surface area is 179 Å². The summed E-state index contributed by atoms with van der Waals surface area (Å²) in [7, 11) is 1.55. The highest BCUT2D eigenvalue weighted by Gasteiger charge is 2.27. The molecular formula is C23H23N3O5. The van der Waals surface area contributed by atoms with Crippen molar-refractivity contribution < 1.29 is 19.1 Å². The van der Waals surface area contributed by atoms with Gasteiger partial charge in [0.25, 0.3) is 0 Å². The first kappa shape index (κ1) is 20.5. The number of nitrogens with one attached hydrogen (secondary N) is 1. The summed E-state index contributed by atoms with van der Waals surface area (Å²) in [6, 6.07) is 7.31. The third-order valence-corrected chi connectivity index (χ3v) is 5.23. The maximum absolute atomic E-state index is 12.4. The summed E-state index contributed by atoms with van der Waals surface area (Å²) in [5.74, 6) is 1.66. The average Bonchev–Trinajstić information content (AvgIpc) is 3.36. The average molecular weight is 421 g/mol. The zero-order valence-corrected chi connectivity index (χ0v) is 17.2. The Bertz CT molecular complexity index is 1160. The number of hydrogen-bond donors (Lipinski definition) is 1. The standard InChI is InChI=1S/C15H15N3O3.C8H8O2/c1-17(9-19)8-14(20)18-6-11-13(7-18)16-12-5-3-2-4-10(12)15(11)21;1-2-4-7-8(5-3-1)10-6-9-7/h2-5,9H,6-8H2,1H3,(H,16,21);1-4H,5-6H2. The van der Waals surface area contributed by atoms with E-state index in [0.717, 1.165) is 29.1 Å². The molecule has 0 unspecified atom stereocenters. The van der Waals surface area contributed by atoms with Crippen LogP contribution in [0.5, 0.6) is 0 Å². The third-order valence-electron chi connectivity index (χ3n) is 5.23. The number of aromatic amines is 1. The fourth-order valence-electron chi connectivity index (χ4n) is 3.61. The van der Waals surface area contributed by atoms with Crippen molar-refractivity contribution in [3.63, 3.8) is 0 Å². The number of benzene rings is 1. The quantitative estimate of drug-likeness (QED) is 0.767. The molecule has 0 saturated carbocycles. The number of carbonyl (C=O) groups is 2. The minimum Gasteiger partial charge on any atom is -0.458 e. The van der Waals surface area contributed by atoms with Gasteiger partial charge in [-0.3, -0.25) is 14.4 Å². The SMILES string of the molecule is C1=CCC2=C(C=C1)OCO2.CN(C=O)CC(=O)N1Cc2[nH]c3ccccc3c(=O)c2C1. The second kappa shape index (κ2) is 8.91. The van der Waals surface area contributed by atoms with E-state index in [1.807, 2.05) is 42.5 Å². The summed E-state index contributed by atoms with van der Waals surface area (Å²) in [6.07, 6.45) is 9.38. The Kier molecular flexibility index (Phi) is 5.88. The fourth-order valence-corrected chi connectivity index (χ4v) is 3.61. The highest BCUT2D eigenvalue weighted by Crippen LogP contribution is 2.23. The monoisotopic (exact) mass is 421 g/mol. The van der Waals surface area contributed by atoms with Crippen LogP contribution in [0.3, 0.4) is 0 Å². The van der Waals surface area contributed by atoms with Crippen LogP contribution in [-0.4, -0.2) is 47.5 Å². The summed E-state index contributed by atoms with van der Waals surface area (Å²) in [6.45, 7) is 1.07. The molecule has 1 aliphatic carbocycles. The number of allylic oxidation sites excluding steroid dienone is 4. The lowest BCUT2D eigenvalue weighted by Gasteiger charge is -2.18. The normalized spacial score (nSPS) is 16.0. The van der Waals surface area contributed by atoms with Gasteiger partial charge in [0.15, 0.2) is 11.2 Å². The number of rotatable bonds is 3. The van der Waals surface area contributed by atoms with Crippen LogP contribution in [0.4, 0.5) is 0 Å². The van der Waals surface area contributed by atoms with E-state index in [9.17, 15) is 14.4 Å². The summed E-state index contributed by atoms with van der Waals surface area (Å²) >= 11 is 0. The number of amides is 2. The first-order chi connectivity index (χ1) is 15.1. The molecule has 0 atom stereocenters. The van der Waals surface area contributed by atoms with E-state index in [1.54, 1.807) is 18.0 Å². The second-order valence-corrected chi connectivity index (χ2v) is 7.41. The van der Waals surface area contributed by atoms with Gasteiger partial charge in [-0.1, -0.05) is 30.4 Å². The predicted octanol–water partition coefficient (Wildman–Crippen LogP) is 2.18. The molecule has 31 heavy (non-hydrogen) atoms. The number of likely N-dealkylation sites (N-methyl/N-ethyl adjacent to an activating group) is 1. The van der Waals surface area contributed by atoms with Gasteiger partial charge in [-0.05, 0) is 18.2 Å². The molecule has 0 fully saturated rings. The summed E-state index contributed by atoms with van der Waals surface area (Å²) < 4.78 is 10.4. The van der Waals surface area contributed by atoms with Crippen LogP contribution in [0, 0.1) is 0 Å². The molecule has 1 aromatic heterocycles. The van der Waals surface area contributed by atoms with E-state index in [4.69, 9.17) is 9.47 Å². The van der Waals surface area contributed by atoms with E-state index in [1.165, 1.54) is 4.90 Å². The lowest BCUT2D eigenvalue weighted by molar-refractivity contribution is -0.135. The van der Waals surface area contributed by atoms with Crippen molar-refractivity contribution in [3.8, 4) is 0 Å². The smallest absolute Gasteiger partial charge is 0.242 e. The Morgan fingerprint density at radius 2 is 2.06 bits per heavy atom. The van der Waals surface area contributed by atoms with Gasteiger partial charge in [0.05, 0.1) is 19.6 Å². The van der Waals surface area contributed by atoms with Gasteiger partial charge in [0, 0.05) is 35.6 Å². The molecule has 1 N–H and O–H groups in total.